The van der Waals surface area contributed by atoms with Gasteiger partial charge in [0.15, 0.2) is 0 Å². The van der Waals surface area contributed by atoms with Gasteiger partial charge in [-0.15, -0.1) is 12.4 Å². The number of anilines is 1. The Hall–Kier alpha value is -0.730. The summed E-state index contributed by atoms with van der Waals surface area (Å²) < 4.78 is 0. The predicted molar refractivity (Wildman–Crippen MR) is 76.4 cm³/mol. The fraction of sp³-hybridized carbons (Fsp3) is 0.571. The van der Waals surface area contributed by atoms with Crippen LogP contribution in [0.5, 0.6) is 0 Å². The third-order valence-electron chi connectivity index (χ3n) is 3.57. The average molecular weight is 255 g/mol. The molecular formula is C14H23ClN2. The Morgan fingerprint density at radius 1 is 1.24 bits per heavy atom. The molecule has 1 aromatic carbocycles. The molecule has 96 valence electrons. The molecule has 1 aliphatic rings. The van der Waals surface area contributed by atoms with Crippen molar-refractivity contribution in [1.29, 1.82) is 0 Å². The number of benzene rings is 1. The first-order chi connectivity index (χ1) is 7.55. The molecule has 2 nitrogen and oxygen atoms in total. The van der Waals surface area contributed by atoms with Crippen LogP contribution in [0.1, 0.15) is 32.3 Å². The minimum absolute atomic E-state index is 0. The average Bonchev–Trinajstić information content (AvgIpc) is 2.21. The highest BCUT2D eigenvalue weighted by atomic mass is 35.5. The van der Waals surface area contributed by atoms with E-state index in [4.69, 9.17) is 5.73 Å². The summed E-state index contributed by atoms with van der Waals surface area (Å²) in [6, 6.07) is 8.23. The third-order valence-corrected chi connectivity index (χ3v) is 3.57. The van der Waals surface area contributed by atoms with E-state index in [1.54, 1.807) is 0 Å². The zero-order valence-electron chi connectivity index (χ0n) is 10.8. The van der Waals surface area contributed by atoms with Crippen molar-refractivity contribution in [3.8, 4) is 0 Å². The molecule has 1 aromatic rings. The molecule has 1 aliphatic heterocycles. The number of nitrogens with zero attached hydrogens (tertiary/aromatic N) is 1. The van der Waals surface area contributed by atoms with Gasteiger partial charge in [0.1, 0.15) is 0 Å². The molecule has 2 N–H and O–H groups in total. The van der Waals surface area contributed by atoms with Gasteiger partial charge < -0.3 is 5.73 Å². The summed E-state index contributed by atoms with van der Waals surface area (Å²) in [4.78, 5) is 2.53. The molecule has 0 unspecified atom stereocenters. The number of rotatable bonds is 2. The van der Waals surface area contributed by atoms with Crippen molar-refractivity contribution in [2.75, 3.05) is 18.8 Å². The summed E-state index contributed by atoms with van der Waals surface area (Å²) in [6.45, 7) is 8.19. The van der Waals surface area contributed by atoms with Gasteiger partial charge in [-0.2, -0.15) is 0 Å². The lowest BCUT2D eigenvalue weighted by Gasteiger charge is -2.36. The van der Waals surface area contributed by atoms with Gasteiger partial charge in [0.25, 0.3) is 0 Å². The van der Waals surface area contributed by atoms with E-state index in [0.717, 1.165) is 12.2 Å². The van der Waals surface area contributed by atoms with Gasteiger partial charge in [-0.25, -0.2) is 0 Å². The van der Waals surface area contributed by atoms with Gasteiger partial charge >= 0.3 is 0 Å². The van der Waals surface area contributed by atoms with Gasteiger partial charge in [0, 0.05) is 12.2 Å². The minimum Gasteiger partial charge on any atom is -0.399 e. The Kier molecular flexibility index (Phi) is 4.84. The van der Waals surface area contributed by atoms with Crippen molar-refractivity contribution >= 4 is 18.1 Å². The van der Waals surface area contributed by atoms with Crippen LogP contribution >= 0.6 is 12.4 Å². The predicted octanol–water partition coefficient (Wildman–Crippen LogP) is 3.31. The van der Waals surface area contributed by atoms with Crippen molar-refractivity contribution in [3.05, 3.63) is 29.8 Å². The topological polar surface area (TPSA) is 29.3 Å². The molecule has 17 heavy (non-hydrogen) atoms. The number of halogens is 1. The fourth-order valence-electron chi connectivity index (χ4n) is 2.27. The Morgan fingerprint density at radius 2 is 1.88 bits per heavy atom. The largest absolute Gasteiger partial charge is 0.399 e. The van der Waals surface area contributed by atoms with Crippen molar-refractivity contribution in [1.82, 2.24) is 4.90 Å². The summed E-state index contributed by atoms with van der Waals surface area (Å²) >= 11 is 0. The number of likely N-dealkylation sites (tertiary alicyclic amines) is 1. The smallest absolute Gasteiger partial charge is 0.0317 e. The fourth-order valence-corrected chi connectivity index (χ4v) is 2.27. The van der Waals surface area contributed by atoms with Crippen LogP contribution in [-0.4, -0.2) is 18.0 Å². The highest BCUT2D eigenvalue weighted by molar-refractivity contribution is 5.85. The molecule has 0 amide bonds. The van der Waals surface area contributed by atoms with Crippen LogP contribution in [0.25, 0.3) is 0 Å². The molecular weight excluding hydrogens is 232 g/mol. The second-order valence-corrected chi connectivity index (χ2v) is 5.69. The van der Waals surface area contributed by atoms with Crippen LogP contribution in [0.2, 0.25) is 0 Å². The summed E-state index contributed by atoms with van der Waals surface area (Å²) in [5.41, 5.74) is 8.53. The second-order valence-electron chi connectivity index (χ2n) is 5.69. The van der Waals surface area contributed by atoms with Gasteiger partial charge in [-0.1, -0.05) is 26.0 Å². The molecule has 1 heterocycles. The first-order valence-corrected chi connectivity index (χ1v) is 6.12. The highest BCUT2D eigenvalue weighted by Crippen LogP contribution is 2.30. The minimum atomic E-state index is 0. The van der Waals surface area contributed by atoms with Gasteiger partial charge in [-0.05, 0) is 49.0 Å². The molecule has 1 fully saturated rings. The Balaban J connectivity index is 0.00000144. The molecule has 0 bridgehead atoms. The molecule has 0 aliphatic carbocycles. The first-order valence-electron chi connectivity index (χ1n) is 6.12. The maximum atomic E-state index is 5.79. The number of hydrogen-bond acceptors (Lipinski definition) is 2. The highest BCUT2D eigenvalue weighted by Gasteiger charge is 2.24. The molecule has 0 radical (unpaired) electrons. The van der Waals surface area contributed by atoms with Crippen molar-refractivity contribution in [2.24, 2.45) is 5.41 Å². The van der Waals surface area contributed by atoms with Crippen LogP contribution in [0.15, 0.2) is 24.3 Å². The molecule has 0 spiro atoms. The van der Waals surface area contributed by atoms with Gasteiger partial charge in [-0.3, -0.25) is 4.90 Å². The van der Waals surface area contributed by atoms with Crippen molar-refractivity contribution < 1.29 is 0 Å². The quantitative estimate of drug-likeness (QED) is 0.821. The summed E-state index contributed by atoms with van der Waals surface area (Å²) in [5, 5.41) is 0. The normalized spacial score (nSPS) is 19.6. The van der Waals surface area contributed by atoms with Gasteiger partial charge in [0.05, 0.1) is 0 Å². The van der Waals surface area contributed by atoms with Gasteiger partial charge in [0.2, 0.25) is 0 Å². The number of piperidine rings is 1. The molecule has 1 saturated heterocycles. The van der Waals surface area contributed by atoms with E-state index < -0.39 is 0 Å². The Morgan fingerprint density at radius 3 is 2.47 bits per heavy atom. The summed E-state index contributed by atoms with van der Waals surface area (Å²) in [6.07, 6.45) is 2.60. The van der Waals surface area contributed by atoms with E-state index in [9.17, 15) is 0 Å². The maximum absolute atomic E-state index is 5.79. The van der Waals surface area contributed by atoms with Crippen molar-refractivity contribution in [3.63, 3.8) is 0 Å². The standard InChI is InChI=1S/C14H22N2.ClH/c1-14(2)6-8-16(9-7-14)11-12-4-3-5-13(15)10-12;/h3-5,10H,6-9,11,15H2,1-2H3;1H. The van der Waals surface area contributed by atoms with Crippen molar-refractivity contribution in [2.45, 2.75) is 33.2 Å². The Bertz CT molecular complexity index is 353. The second kappa shape index (κ2) is 5.74. The van der Waals surface area contributed by atoms with E-state index in [1.165, 1.54) is 31.5 Å². The van der Waals surface area contributed by atoms with E-state index in [-0.39, 0.29) is 12.4 Å². The zero-order chi connectivity index (χ0) is 11.6. The number of hydrogen-bond donors (Lipinski definition) is 1. The van der Waals surface area contributed by atoms with Crippen LogP contribution < -0.4 is 5.73 Å². The SMILES string of the molecule is CC1(C)CCN(Cc2cccc(N)c2)CC1.Cl. The van der Waals surface area contributed by atoms with Crippen LogP contribution in [0.4, 0.5) is 5.69 Å². The Labute approximate surface area is 111 Å². The molecule has 3 heteroatoms. The molecule has 0 atom stereocenters. The maximum Gasteiger partial charge on any atom is 0.0317 e. The zero-order valence-corrected chi connectivity index (χ0v) is 11.6. The summed E-state index contributed by atoms with van der Waals surface area (Å²) in [7, 11) is 0. The lowest BCUT2D eigenvalue weighted by Crippen LogP contribution is -2.36. The lowest BCUT2D eigenvalue weighted by atomic mass is 9.82. The third kappa shape index (κ3) is 4.21. The first kappa shape index (κ1) is 14.3. The monoisotopic (exact) mass is 254 g/mol. The molecule has 0 aromatic heterocycles. The van der Waals surface area contributed by atoms with E-state index >= 15 is 0 Å². The van der Waals surface area contributed by atoms with E-state index in [1.807, 2.05) is 12.1 Å². The summed E-state index contributed by atoms with van der Waals surface area (Å²) in [5.74, 6) is 0. The number of nitrogen functional groups attached to an aromatic ring is 1. The van der Waals surface area contributed by atoms with E-state index in [2.05, 4.69) is 30.9 Å². The number of nitrogens with two attached hydrogens (primary N) is 1. The van der Waals surface area contributed by atoms with E-state index in [0.29, 0.717) is 5.41 Å². The molecule has 2 rings (SSSR count). The van der Waals surface area contributed by atoms with Crippen LogP contribution in [-0.2, 0) is 6.54 Å². The van der Waals surface area contributed by atoms with Crippen LogP contribution in [0.3, 0.4) is 0 Å². The van der Waals surface area contributed by atoms with Crippen LogP contribution in [0, 0.1) is 5.41 Å². The molecule has 0 saturated carbocycles. The lowest BCUT2D eigenvalue weighted by molar-refractivity contribution is 0.127.